The average molecular weight is 1680 g/mol. The number of carbonyl (C=O) groups excluding carboxylic acids is 5. The van der Waals surface area contributed by atoms with Crippen molar-refractivity contribution in [3.05, 3.63) is 0 Å². The first-order chi connectivity index (χ1) is 53.4. The second-order valence-corrected chi connectivity index (χ2v) is 33.7. The Morgan fingerprint density at radius 1 is 0.220 bits per heavy atom. The molecule has 0 heterocycles. The number of halogens is 2. The number of carbonyl (C=O) groups is 6. The average Bonchev–Trinajstić information content (AvgIpc) is 0.985. The number of carboxylic acid groups (broad SMARTS) is 1. The molecule has 0 aliphatic carbocycles. The third-order valence-electron chi connectivity index (χ3n) is 21.0. The van der Waals surface area contributed by atoms with Gasteiger partial charge in [-0.25, -0.2) is 0 Å². The first-order valence-electron chi connectivity index (χ1n) is 47.2. The summed E-state index contributed by atoms with van der Waals surface area (Å²) < 4.78 is 27.0. The second-order valence-electron chi connectivity index (χ2n) is 32.1. The van der Waals surface area contributed by atoms with E-state index in [1.54, 1.807) is 0 Å². The van der Waals surface area contributed by atoms with Crippen LogP contribution in [0.5, 0.6) is 0 Å². The lowest BCUT2D eigenvalue weighted by atomic mass is 10.0. The van der Waals surface area contributed by atoms with Crippen LogP contribution in [0.4, 0.5) is 0 Å². The molecular weight excluding hydrogens is 1500 g/mol. The largest absolute Gasteiger partial charge is 0.481 e. The maximum Gasteiger partial charge on any atom is 0.306 e. The Labute approximate surface area is 691 Å². The van der Waals surface area contributed by atoms with E-state index < -0.39 is 18.2 Å². The first kappa shape index (κ1) is 111. The number of aliphatic hydroxyl groups is 1. The molecule has 13 nitrogen and oxygen atoms in total. The van der Waals surface area contributed by atoms with Gasteiger partial charge in [0.25, 0.3) is 0 Å². The standard InChI is InChI=1S/C47H89BrO6.C35H68O5.C12H23BrO2/c1-3-5-7-9-11-13-15-17-19-22-26-30-34-38-45(49)52-42-44(54-47(51)40-36-32-28-24-21-25-29-33-37-41-48)43-53-46(50)39-35-31-27-23-20-18-16-14-12-10-8-6-4-2;1-3-5-7-9-11-13-15-17-19-21-23-25-27-29-34(37)39-31-33(36)32-40-35(38)30-28-26-24-22-20-18-16-14-12-10-8-6-4-2;13-11-9-7-5-3-1-2-4-6-8-10-12(14)15/h44H,3-43H2,1-2H3;33,36H,3-32H2,1-2H3;1-11H2,(H,14,15). The Kier molecular flexibility index (Phi) is 99.8. The number of unbranched alkanes of at least 4 members (excludes halogenated alkanes) is 64. The summed E-state index contributed by atoms with van der Waals surface area (Å²) in [6, 6.07) is 0. The minimum absolute atomic E-state index is 0.0654. The molecule has 0 fully saturated rings. The van der Waals surface area contributed by atoms with Crippen LogP contribution in [-0.2, 0) is 52.5 Å². The van der Waals surface area contributed by atoms with Crippen molar-refractivity contribution in [2.24, 2.45) is 0 Å². The van der Waals surface area contributed by atoms with E-state index in [1.165, 1.54) is 353 Å². The van der Waals surface area contributed by atoms with E-state index in [1.807, 2.05) is 0 Å². The van der Waals surface area contributed by atoms with E-state index in [0.717, 1.165) is 107 Å². The Hall–Kier alpha value is -2.26. The zero-order valence-corrected chi connectivity index (χ0v) is 75.5. The number of alkyl halides is 2. The van der Waals surface area contributed by atoms with Crippen LogP contribution in [0.2, 0.25) is 0 Å². The van der Waals surface area contributed by atoms with E-state index in [4.69, 9.17) is 28.8 Å². The molecule has 0 saturated heterocycles. The maximum absolute atomic E-state index is 12.7. The molecule has 15 heteroatoms. The van der Waals surface area contributed by atoms with Gasteiger partial charge in [-0.2, -0.15) is 0 Å². The molecule has 0 radical (unpaired) electrons. The molecule has 0 amide bonds. The molecule has 0 aliphatic heterocycles. The molecule has 0 atom stereocenters. The fourth-order valence-corrected chi connectivity index (χ4v) is 14.6. The van der Waals surface area contributed by atoms with Crippen LogP contribution in [0, 0.1) is 0 Å². The summed E-state index contributed by atoms with van der Waals surface area (Å²) in [5, 5.41) is 20.6. The fourth-order valence-electron chi connectivity index (χ4n) is 13.8. The first-order valence-corrected chi connectivity index (χ1v) is 49.5. The molecule has 0 spiro atoms. The van der Waals surface area contributed by atoms with Crippen molar-refractivity contribution >= 4 is 67.7 Å². The van der Waals surface area contributed by atoms with Gasteiger partial charge in [0.15, 0.2) is 6.10 Å². The van der Waals surface area contributed by atoms with Crippen LogP contribution in [0.1, 0.15) is 516 Å². The third kappa shape index (κ3) is 102. The maximum atomic E-state index is 12.7. The summed E-state index contributed by atoms with van der Waals surface area (Å²) in [7, 11) is 0. The van der Waals surface area contributed by atoms with Crippen LogP contribution in [0.25, 0.3) is 0 Å². The molecule has 0 aromatic rings. The van der Waals surface area contributed by atoms with Crippen molar-refractivity contribution in [3.63, 3.8) is 0 Å². The zero-order chi connectivity index (χ0) is 80.1. The van der Waals surface area contributed by atoms with Crippen molar-refractivity contribution in [1.82, 2.24) is 0 Å². The van der Waals surface area contributed by atoms with Gasteiger partial charge in [-0.3, -0.25) is 28.8 Å². The lowest BCUT2D eigenvalue weighted by Crippen LogP contribution is -2.30. The minimum Gasteiger partial charge on any atom is -0.481 e. The van der Waals surface area contributed by atoms with Crippen molar-refractivity contribution < 1.29 is 62.7 Å². The molecule has 0 aromatic heterocycles. The van der Waals surface area contributed by atoms with Crippen LogP contribution in [0.15, 0.2) is 0 Å². The van der Waals surface area contributed by atoms with Gasteiger partial charge < -0.3 is 33.9 Å². The van der Waals surface area contributed by atoms with E-state index in [2.05, 4.69) is 59.6 Å². The van der Waals surface area contributed by atoms with Gasteiger partial charge in [0.2, 0.25) is 0 Å². The quantitative estimate of drug-likeness (QED) is 0.0253. The third-order valence-corrected chi connectivity index (χ3v) is 22.1. The summed E-state index contributed by atoms with van der Waals surface area (Å²) in [4.78, 5) is 71.8. The summed E-state index contributed by atoms with van der Waals surface area (Å²) in [5.41, 5.74) is 0. The molecule has 2 N–H and O–H groups in total. The van der Waals surface area contributed by atoms with Gasteiger partial charge in [-0.05, 0) is 51.4 Å². The smallest absolute Gasteiger partial charge is 0.306 e. The molecule has 0 rings (SSSR count). The van der Waals surface area contributed by atoms with Gasteiger partial charge in [-0.15, -0.1) is 0 Å². The number of rotatable bonds is 87. The molecule has 648 valence electrons. The molecule has 0 unspecified atom stereocenters. The van der Waals surface area contributed by atoms with Crippen molar-refractivity contribution in [2.75, 3.05) is 37.1 Å². The highest BCUT2D eigenvalue weighted by molar-refractivity contribution is 9.09. The van der Waals surface area contributed by atoms with Crippen molar-refractivity contribution in [2.45, 2.75) is 528 Å². The van der Waals surface area contributed by atoms with Gasteiger partial charge in [0, 0.05) is 49.2 Å². The predicted octanol–water partition coefficient (Wildman–Crippen LogP) is 30.0. The van der Waals surface area contributed by atoms with Crippen LogP contribution in [0.3, 0.4) is 0 Å². The predicted molar refractivity (Wildman–Crippen MR) is 469 cm³/mol. The topological polar surface area (TPSA) is 189 Å². The Balaban J connectivity index is -0.00000178. The van der Waals surface area contributed by atoms with E-state index in [9.17, 15) is 33.9 Å². The lowest BCUT2D eigenvalue weighted by molar-refractivity contribution is -0.167. The van der Waals surface area contributed by atoms with E-state index >= 15 is 0 Å². The molecule has 0 saturated carbocycles. The minimum atomic E-state index is -0.953. The molecule has 0 aliphatic rings. The number of aliphatic carboxylic acids is 1. The molecule has 109 heavy (non-hydrogen) atoms. The highest BCUT2D eigenvalue weighted by Gasteiger charge is 2.20. The summed E-state index contributed by atoms with van der Waals surface area (Å²) in [5.74, 6) is -2.07. The normalized spacial score (nSPS) is 11.2. The molecular formula is C94H180Br2O13. The molecule has 0 bridgehead atoms. The second kappa shape index (κ2) is 98.1. The van der Waals surface area contributed by atoms with Crippen molar-refractivity contribution in [3.8, 4) is 0 Å². The highest BCUT2D eigenvalue weighted by Crippen LogP contribution is 2.20. The highest BCUT2D eigenvalue weighted by atomic mass is 79.9. The number of esters is 5. The Morgan fingerprint density at radius 3 is 0.560 bits per heavy atom. The monoisotopic (exact) mass is 1680 g/mol. The number of hydrogen-bond donors (Lipinski definition) is 2. The van der Waals surface area contributed by atoms with Gasteiger partial charge >= 0.3 is 35.8 Å². The van der Waals surface area contributed by atoms with Gasteiger partial charge in [0.1, 0.15) is 32.5 Å². The van der Waals surface area contributed by atoms with Crippen LogP contribution >= 0.6 is 31.9 Å². The van der Waals surface area contributed by atoms with Crippen LogP contribution in [-0.4, -0.2) is 95.3 Å². The van der Waals surface area contributed by atoms with Gasteiger partial charge in [0.05, 0.1) is 0 Å². The van der Waals surface area contributed by atoms with Crippen LogP contribution < -0.4 is 0 Å². The Morgan fingerprint density at radius 2 is 0.376 bits per heavy atom. The number of carboxylic acids is 1. The number of hydrogen-bond acceptors (Lipinski definition) is 12. The summed E-state index contributed by atoms with van der Waals surface area (Å²) >= 11 is 6.92. The summed E-state index contributed by atoms with van der Waals surface area (Å²) in [6.07, 6.45) is 87.7. The number of ether oxygens (including phenoxy) is 5. The lowest BCUT2D eigenvalue weighted by Gasteiger charge is -2.18. The Bertz CT molecular complexity index is 1760. The van der Waals surface area contributed by atoms with Crippen molar-refractivity contribution in [1.29, 1.82) is 0 Å². The summed E-state index contributed by atoms with van der Waals surface area (Å²) in [6.45, 7) is 8.70. The van der Waals surface area contributed by atoms with Gasteiger partial charge in [-0.1, -0.05) is 458 Å². The SMILES string of the molecule is CCCCCCCCCCCCCCCC(=O)OCC(COC(=O)CCCCCCCCCCCCCCC)OC(=O)CCCCCCCCCCCBr.CCCCCCCCCCCCCCCC(=O)OCC(O)COC(=O)CCCCCCCCCCCCCCC.O=C(O)CCCCCCCCCCCBr. The fraction of sp³-hybridized carbons (Fsp3) is 0.936. The zero-order valence-electron chi connectivity index (χ0n) is 72.3. The number of aliphatic hydroxyl groups excluding tert-OH is 1. The molecule has 0 aromatic carbocycles. The van der Waals surface area contributed by atoms with E-state index in [0.29, 0.717) is 38.5 Å². The van der Waals surface area contributed by atoms with E-state index in [-0.39, 0.29) is 56.3 Å².